The minimum absolute atomic E-state index is 0.173. The van der Waals surface area contributed by atoms with Crippen molar-refractivity contribution >= 4 is 11.7 Å². The first-order valence-corrected chi connectivity index (χ1v) is 8.38. The summed E-state index contributed by atoms with van der Waals surface area (Å²) in [4.78, 5) is 7.45. The maximum absolute atomic E-state index is 7.96. The van der Waals surface area contributed by atoms with E-state index in [-0.39, 0.29) is 5.84 Å². The second-order valence-electron chi connectivity index (χ2n) is 6.83. The van der Waals surface area contributed by atoms with E-state index in [4.69, 9.17) is 16.1 Å². The zero-order chi connectivity index (χ0) is 14.4. The van der Waals surface area contributed by atoms with Crippen molar-refractivity contribution in [2.75, 3.05) is 11.4 Å². The van der Waals surface area contributed by atoms with Gasteiger partial charge in [0.15, 0.2) is 0 Å². The molecule has 1 aliphatic heterocycles. The lowest BCUT2D eigenvalue weighted by Crippen LogP contribution is -2.44. The summed E-state index contributed by atoms with van der Waals surface area (Å²) in [7, 11) is 0. The van der Waals surface area contributed by atoms with E-state index in [2.05, 4.69) is 11.0 Å². The van der Waals surface area contributed by atoms with Crippen molar-refractivity contribution in [1.82, 2.24) is 4.98 Å². The molecule has 2 fully saturated rings. The molecular weight excluding hydrogens is 260 g/mol. The number of aryl methyl sites for hydroxylation is 2. The van der Waals surface area contributed by atoms with Crippen molar-refractivity contribution < 1.29 is 0 Å². The number of rotatable bonds is 2. The number of nitrogen functional groups attached to an aromatic ring is 1. The van der Waals surface area contributed by atoms with E-state index in [9.17, 15) is 0 Å². The molecule has 2 atom stereocenters. The third-order valence-electron chi connectivity index (χ3n) is 5.59. The van der Waals surface area contributed by atoms with Gasteiger partial charge in [0, 0.05) is 18.3 Å². The first kappa shape index (κ1) is 13.1. The largest absolute Gasteiger partial charge is 0.384 e. The first-order valence-electron chi connectivity index (χ1n) is 8.38. The van der Waals surface area contributed by atoms with Crippen LogP contribution in [0.25, 0.3) is 0 Å². The van der Waals surface area contributed by atoms with Gasteiger partial charge in [-0.1, -0.05) is 6.42 Å². The summed E-state index contributed by atoms with van der Waals surface area (Å²) in [5.41, 5.74) is 9.29. The predicted molar refractivity (Wildman–Crippen MR) is 85.0 cm³/mol. The topological polar surface area (TPSA) is 66.0 Å². The molecule has 0 radical (unpaired) electrons. The van der Waals surface area contributed by atoms with E-state index < -0.39 is 0 Å². The Labute approximate surface area is 126 Å². The fraction of sp³-hybridized carbons (Fsp3) is 0.647. The van der Waals surface area contributed by atoms with Crippen molar-refractivity contribution in [3.63, 3.8) is 0 Å². The molecule has 0 aromatic carbocycles. The van der Waals surface area contributed by atoms with Crippen LogP contribution in [-0.4, -0.2) is 23.4 Å². The number of pyridine rings is 1. The highest BCUT2D eigenvalue weighted by Crippen LogP contribution is 2.40. The molecule has 4 rings (SSSR count). The Hall–Kier alpha value is -1.58. The summed E-state index contributed by atoms with van der Waals surface area (Å²) in [6, 6.07) is 2.77. The van der Waals surface area contributed by atoms with Crippen LogP contribution in [0.4, 0.5) is 5.82 Å². The molecule has 1 aromatic rings. The first-order chi connectivity index (χ1) is 10.2. The SMILES string of the molecule is N=C(N)c1cc2c(nc1N1CCCC3CCCC31)CCC2. The molecule has 3 aliphatic rings. The van der Waals surface area contributed by atoms with Gasteiger partial charge in [0.2, 0.25) is 0 Å². The highest BCUT2D eigenvalue weighted by Gasteiger charge is 2.37. The van der Waals surface area contributed by atoms with E-state index in [1.165, 1.54) is 49.8 Å². The molecule has 112 valence electrons. The average molecular weight is 284 g/mol. The predicted octanol–water partition coefficient (Wildman–Crippen LogP) is 2.62. The number of piperidine rings is 1. The molecule has 0 spiro atoms. The number of hydrogen-bond donors (Lipinski definition) is 2. The summed E-state index contributed by atoms with van der Waals surface area (Å²) in [5, 5.41) is 7.96. The van der Waals surface area contributed by atoms with Crippen LogP contribution >= 0.6 is 0 Å². The van der Waals surface area contributed by atoms with Crippen LogP contribution in [0.3, 0.4) is 0 Å². The maximum atomic E-state index is 7.96. The number of anilines is 1. The zero-order valence-corrected chi connectivity index (χ0v) is 12.6. The standard InChI is InChI=1S/C17H24N4/c18-16(19)13-10-12-5-1-7-14(12)20-17(13)21-9-3-6-11-4-2-8-15(11)21/h10-11,15H,1-9H2,(H3,18,19). The Morgan fingerprint density at radius 1 is 1.19 bits per heavy atom. The van der Waals surface area contributed by atoms with E-state index in [0.717, 1.165) is 36.7 Å². The summed E-state index contributed by atoms with van der Waals surface area (Å²) < 4.78 is 0. The number of nitrogens with zero attached hydrogens (tertiary/aromatic N) is 2. The number of fused-ring (bicyclic) bond motifs is 2. The minimum atomic E-state index is 0.173. The smallest absolute Gasteiger partial charge is 0.140 e. The third kappa shape index (κ3) is 2.12. The fourth-order valence-electron chi connectivity index (χ4n) is 4.60. The Bertz CT molecular complexity index is 580. The van der Waals surface area contributed by atoms with Crippen molar-refractivity contribution in [3.8, 4) is 0 Å². The lowest BCUT2D eigenvalue weighted by molar-refractivity contribution is 0.360. The summed E-state index contributed by atoms with van der Waals surface area (Å²) in [6.07, 6.45) is 9.96. The molecule has 2 heterocycles. The highest BCUT2D eigenvalue weighted by molar-refractivity contribution is 6.00. The van der Waals surface area contributed by atoms with Gasteiger partial charge in [-0.25, -0.2) is 4.98 Å². The van der Waals surface area contributed by atoms with Gasteiger partial charge in [0.1, 0.15) is 11.7 Å². The van der Waals surface area contributed by atoms with Crippen LogP contribution in [0, 0.1) is 11.3 Å². The molecule has 0 bridgehead atoms. The van der Waals surface area contributed by atoms with Gasteiger partial charge in [-0.2, -0.15) is 0 Å². The number of amidine groups is 1. The highest BCUT2D eigenvalue weighted by atomic mass is 15.2. The molecule has 4 heteroatoms. The molecule has 1 saturated carbocycles. The zero-order valence-electron chi connectivity index (χ0n) is 12.6. The van der Waals surface area contributed by atoms with E-state index in [0.29, 0.717) is 6.04 Å². The Kier molecular flexibility index (Phi) is 3.12. The number of hydrogen-bond acceptors (Lipinski definition) is 3. The van der Waals surface area contributed by atoms with Crippen molar-refractivity contribution in [2.45, 2.75) is 57.4 Å². The second-order valence-corrected chi connectivity index (χ2v) is 6.83. The molecule has 0 amide bonds. The van der Waals surface area contributed by atoms with Gasteiger partial charge >= 0.3 is 0 Å². The summed E-state index contributed by atoms with van der Waals surface area (Å²) >= 11 is 0. The van der Waals surface area contributed by atoms with Crippen LogP contribution in [0.15, 0.2) is 6.07 Å². The van der Waals surface area contributed by atoms with Crippen LogP contribution in [-0.2, 0) is 12.8 Å². The summed E-state index contributed by atoms with van der Waals surface area (Å²) in [5.74, 6) is 2.00. The lowest BCUT2D eigenvalue weighted by atomic mass is 9.91. The molecule has 3 N–H and O–H groups in total. The molecule has 2 unspecified atom stereocenters. The molecule has 4 nitrogen and oxygen atoms in total. The second kappa shape index (κ2) is 5.00. The Morgan fingerprint density at radius 2 is 2.05 bits per heavy atom. The monoisotopic (exact) mass is 284 g/mol. The average Bonchev–Trinajstić information content (AvgIpc) is 3.13. The van der Waals surface area contributed by atoms with Gasteiger partial charge in [-0.3, -0.25) is 5.41 Å². The van der Waals surface area contributed by atoms with Gasteiger partial charge in [-0.05, 0) is 62.5 Å². The molecule has 2 aliphatic carbocycles. The Morgan fingerprint density at radius 3 is 2.90 bits per heavy atom. The minimum Gasteiger partial charge on any atom is -0.384 e. The number of nitrogens with one attached hydrogen (secondary N) is 1. The van der Waals surface area contributed by atoms with E-state index >= 15 is 0 Å². The Balaban J connectivity index is 1.77. The van der Waals surface area contributed by atoms with Gasteiger partial charge in [-0.15, -0.1) is 0 Å². The van der Waals surface area contributed by atoms with Crippen LogP contribution in [0.2, 0.25) is 0 Å². The number of aromatic nitrogens is 1. The molecule has 1 aromatic heterocycles. The van der Waals surface area contributed by atoms with E-state index in [1.807, 2.05) is 0 Å². The third-order valence-corrected chi connectivity index (χ3v) is 5.59. The molecular formula is C17H24N4. The normalized spacial score (nSPS) is 27.5. The molecule has 21 heavy (non-hydrogen) atoms. The number of nitrogens with two attached hydrogens (primary N) is 1. The van der Waals surface area contributed by atoms with Gasteiger partial charge in [0.25, 0.3) is 0 Å². The van der Waals surface area contributed by atoms with E-state index in [1.54, 1.807) is 0 Å². The van der Waals surface area contributed by atoms with Crippen LogP contribution < -0.4 is 10.6 Å². The van der Waals surface area contributed by atoms with Gasteiger partial charge < -0.3 is 10.6 Å². The van der Waals surface area contributed by atoms with Gasteiger partial charge in [0.05, 0.1) is 5.56 Å². The quantitative estimate of drug-likeness (QED) is 0.648. The van der Waals surface area contributed by atoms with Crippen molar-refractivity contribution in [1.29, 1.82) is 5.41 Å². The van der Waals surface area contributed by atoms with Crippen LogP contribution in [0.1, 0.15) is 55.3 Å². The fourth-order valence-corrected chi connectivity index (χ4v) is 4.60. The lowest BCUT2D eigenvalue weighted by Gasteiger charge is -2.39. The van der Waals surface area contributed by atoms with Crippen molar-refractivity contribution in [2.24, 2.45) is 11.7 Å². The molecule has 1 saturated heterocycles. The maximum Gasteiger partial charge on any atom is 0.140 e. The van der Waals surface area contributed by atoms with Crippen LogP contribution in [0.5, 0.6) is 0 Å². The van der Waals surface area contributed by atoms with Crippen molar-refractivity contribution in [3.05, 3.63) is 22.9 Å². The summed E-state index contributed by atoms with van der Waals surface area (Å²) in [6.45, 7) is 1.08.